The molecular weight excluding hydrogens is 224 g/mol. The Kier molecular flexibility index (Phi) is 2.53. The second-order valence-electron chi connectivity index (χ2n) is 3.98. The van der Waals surface area contributed by atoms with Gasteiger partial charge in [-0.05, 0) is 6.42 Å². The molecule has 0 fully saturated rings. The largest absolute Gasteiger partial charge is 0.332 e. The third kappa shape index (κ3) is 1.46. The molecule has 0 spiro atoms. The van der Waals surface area contributed by atoms with E-state index in [2.05, 4.69) is 4.98 Å². The Hall–Kier alpha value is -2.05. The molecule has 7 nitrogen and oxygen atoms in total. The fraction of sp³-hybridized carbons (Fsp3) is 0.500. The van der Waals surface area contributed by atoms with E-state index in [1.165, 1.54) is 23.2 Å². The Bertz CT molecular complexity index is 744. The highest BCUT2D eigenvalue weighted by atomic mass is 16.2. The number of hydrogen-bond donors (Lipinski definition) is 1. The van der Waals surface area contributed by atoms with Crippen LogP contribution in [-0.4, -0.2) is 18.7 Å². The van der Waals surface area contributed by atoms with Gasteiger partial charge < -0.3 is 0 Å². The molecule has 0 amide bonds. The van der Waals surface area contributed by atoms with Gasteiger partial charge in [-0.1, -0.05) is 6.92 Å². The molecule has 0 radical (unpaired) electrons. The minimum atomic E-state index is -0.451. The molecule has 0 saturated carbocycles. The van der Waals surface area contributed by atoms with Gasteiger partial charge >= 0.3 is 11.4 Å². The number of nitrogens with zero attached hydrogens (tertiary/aromatic N) is 3. The van der Waals surface area contributed by atoms with Crippen LogP contribution < -0.4 is 16.9 Å². The summed E-state index contributed by atoms with van der Waals surface area (Å²) in [4.78, 5) is 37.9. The number of nitrogens with one attached hydrogen (secondary N) is 1. The molecule has 0 aliphatic rings. The van der Waals surface area contributed by atoms with Gasteiger partial charge in [0, 0.05) is 20.6 Å². The standard InChI is InChI=1S/C10H14N4O3/c1-4-5-14-6-7(11-9(14)16)12(2)10(17)13(3)8(6)15/h4-5H2,1-3H3,(H,11,16). The van der Waals surface area contributed by atoms with E-state index < -0.39 is 11.2 Å². The first kappa shape index (κ1) is 11.4. The maximum atomic E-state index is 12.0. The average Bonchev–Trinajstić information content (AvgIpc) is 2.62. The zero-order valence-electron chi connectivity index (χ0n) is 9.98. The minimum Gasteiger partial charge on any atom is -0.291 e. The van der Waals surface area contributed by atoms with Crippen LogP contribution in [-0.2, 0) is 20.6 Å². The van der Waals surface area contributed by atoms with E-state index >= 15 is 0 Å². The van der Waals surface area contributed by atoms with Crippen molar-refractivity contribution < 1.29 is 0 Å². The lowest BCUT2D eigenvalue weighted by Crippen LogP contribution is -2.37. The van der Waals surface area contributed by atoms with Crippen LogP contribution in [0.25, 0.3) is 11.2 Å². The fourth-order valence-electron chi connectivity index (χ4n) is 1.92. The summed E-state index contributed by atoms with van der Waals surface area (Å²) < 4.78 is 3.64. The molecule has 0 aliphatic heterocycles. The van der Waals surface area contributed by atoms with Gasteiger partial charge in [-0.15, -0.1) is 0 Å². The summed E-state index contributed by atoms with van der Waals surface area (Å²) in [6.45, 7) is 2.37. The third-order valence-corrected chi connectivity index (χ3v) is 2.83. The number of H-pyrrole nitrogens is 1. The Morgan fingerprint density at radius 2 is 1.76 bits per heavy atom. The molecule has 0 unspecified atom stereocenters. The monoisotopic (exact) mass is 238 g/mol. The number of aromatic amines is 1. The summed E-state index contributed by atoms with van der Waals surface area (Å²) in [6, 6.07) is 0. The lowest BCUT2D eigenvalue weighted by Gasteiger charge is -2.04. The Balaban J connectivity index is 3.08. The molecule has 7 heteroatoms. The van der Waals surface area contributed by atoms with Crippen LogP contribution in [0.15, 0.2) is 14.4 Å². The van der Waals surface area contributed by atoms with E-state index in [4.69, 9.17) is 0 Å². The predicted molar refractivity (Wildman–Crippen MR) is 63.3 cm³/mol. The van der Waals surface area contributed by atoms with Gasteiger partial charge in [0.2, 0.25) is 0 Å². The topological polar surface area (TPSA) is 81.8 Å². The highest BCUT2D eigenvalue weighted by molar-refractivity contribution is 5.69. The number of fused-ring (bicyclic) bond motifs is 1. The van der Waals surface area contributed by atoms with Gasteiger partial charge in [-0.25, -0.2) is 9.59 Å². The highest BCUT2D eigenvalue weighted by Gasteiger charge is 2.15. The van der Waals surface area contributed by atoms with Gasteiger partial charge in [0.25, 0.3) is 5.56 Å². The molecule has 0 atom stereocenters. The van der Waals surface area contributed by atoms with E-state index in [9.17, 15) is 14.4 Å². The van der Waals surface area contributed by atoms with E-state index in [0.717, 1.165) is 11.0 Å². The van der Waals surface area contributed by atoms with Crippen molar-refractivity contribution in [3.05, 3.63) is 31.3 Å². The predicted octanol–water partition coefficient (Wildman–Crippen LogP) is -0.863. The Labute approximate surface area is 95.9 Å². The van der Waals surface area contributed by atoms with Crippen molar-refractivity contribution in [2.75, 3.05) is 0 Å². The molecule has 2 aromatic rings. The van der Waals surface area contributed by atoms with Crippen LogP contribution in [0.1, 0.15) is 13.3 Å². The highest BCUT2D eigenvalue weighted by Crippen LogP contribution is 2.01. The van der Waals surface area contributed by atoms with E-state index in [1.54, 1.807) is 0 Å². The maximum absolute atomic E-state index is 12.0. The number of hydrogen-bond acceptors (Lipinski definition) is 3. The minimum absolute atomic E-state index is 0.251. The van der Waals surface area contributed by atoms with E-state index in [0.29, 0.717) is 6.54 Å². The zero-order chi connectivity index (χ0) is 12.7. The summed E-state index contributed by atoms with van der Waals surface area (Å²) >= 11 is 0. The zero-order valence-corrected chi connectivity index (χ0v) is 9.98. The molecule has 92 valence electrons. The second-order valence-corrected chi connectivity index (χ2v) is 3.98. The molecule has 0 aromatic carbocycles. The molecule has 2 heterocycles. The maximum Gasteiger partial charge on any atom is 0.332 e. The molecular formula is C10H14N4O3. The first-order valence-electron chi connectivity index (χ1n) is 5.37. The molecule has 2 rings (SSSR count). The van der Waals surface area contributed by atoms with Crippen LogP contribution in [0.2, 0.25) is 0 Å². The van der Waals surface area contributed by atoms with Crippen LogP contribution in [0, 0.1) is 0 Å². The molecule has 0 bridgehead atoms. The van der Waals surface area contributed by atoms with Crippen LogP contribution in [0.5, 0.6) is 0 Å². The van der Waals surface area contributed by atoms with Crippen molar-refractivity contribution in [2.45, 2.75) is 19.9 Å². The molecule has 17 heavy (non-hydrogen) atoms. The normalized spacial score (nSPS) is 11.2. The van der Waals surface area contributed by atoms with Gasteiger partial charge in [0.1, 0.15) is 5.65 Å². The van der Waals surface area contributed by atoms with Crippen molar-refractivity contribution in [1.82, 2.24) is 18.7 Å². The number of aryl methyl sites for hydroxylation is 2. The van der Waals surface area contributed by atoms with Gasteiger partial charge in [0.15, 0.2) is 5.52 Å². The van der Waals surface area contributed by atoms with E-state index in [1.807, 2.05) is 6.92 Å². The fourth-order valence-corrected chi connectivity index (χ4v) is 1.92. The number of imidazole rings is 1. The van der Waals surface area contributed by atoms with E-state index in [-0.39, 0.29) is 16.9 Å². The van der Waals surface area contributed by atoms with Gasteiger partial charge in [0.05, 0.1) is 0 Å². The van der Waals surface area contributed by atoms with Gasteiger partial charge in [-0.2, -0.15) is 0 Å². The summed E-state index contributed by atoms with van der Waals surface area (Å²) in [6.07, 6.45) is 0.735. The summed E-state index contributed by atoms with van der Waals surface area (Å²) in [5.74, 6) is 0. The van der Waals surface area contributed by atoms with Crippen LogP contribution in [0.4, 0.5) is 0 Å². The molecule has 0 saturated heterocycles. The lowest BCUT2D eigenvalue weighted by atomic mass is 10.4. The summed E-state index contributed by atoms with van der Waals surface area (Å²) in [5.41, 5.74) is -0.736. The average molecular weight is 238 g/mol. The van der Waals surface area contributed by atoms with Crippen molar-refractivity contribution in [2.24, 2.45) is 14.1 Å². The number of aromatic nitrogens is 4. The van der Waals surface area contributed by atoms with Crippen molar-refractivity contribution in [3.63, 3.8) is 0 Å². The summed E-state index contributed by atoms with van der Waals surface area (Å²) in [7, 11) is 2.92. The van der Waals surface area contributed by atoms with Gasteiger partial charge in [-0.3, -0.25) is 23.5 Å². The smallest absolute Gasteiger partial charge is 0.291 e. The Morgan fingerprint density at radius 1 is 1.12 bits per heavy atom. The molecule has 1 N–H and O–H groups in total. The summed E-state index contributed by atoms with van der Waals surface area (Å²) in [5, 5.41) is 0. The first-order valence-corrected chi connectivity index (χ1v) is 5.37. The molecule has 2 aromatic heterocycles. The first-order chi connectivity index (χ1) is 7.99. The Morgan fingerprint density at radius 3 is 2.35 bits per heavy atom. The van der Waals surface area contributed by atoms with Crippen LogP contribution in [0.3, 0.4) is 0 Å². The lowest BCUT2D eigenvalue weighted by molar-refractivity contribution is 0.662. The number of rotatable bonds is 2. The van der Waals surface area contributed by atoms with Crippen LogP contribution >= 0.6 is 0 Å². The van der Waals surface area contributed by atoms with Crippen molar-refractivity contribution in [3.8, 4) is 0 Å². The second kappa shape index (κ2) is 3.76. The quantitative estimate of drug-likeness (QED) is 0.739. The molecule has 0 aliphatic carbocycles. The van der Waals surface area contributed by atoms with Crippen molar-refractivity contribution >= 4 is 11.2 Å². The van der Waals surface area contributed by atoms with Crippen molar-refractivity contribution in [1.29, 1.82) is 0 Å². The third-order valence-electron chi connectivity index (χ3n) is 2.83. The SMILES string of the molecule is CCCn1c(=O)[nH]c2c1c(=O)n(C)c(=O)n2C.